The van der Waals surface area contributed by atoms with Crippen LogP contribution in [0.25, 0.3) is 0 Å². The molecule has 1 saturated heterocycles. The SMILES string of the molecule is Cc1ccc(NC(=O)[C@@H](Cc2ccccc2)N2C(=O)[C@@H]3[C@H](C2=O)[C@H]2C=C[C@H]3C2)cc1. The van der Waals surface area contributed by atoms with Gasteiger partial charge in [0.2, 0.25) is 17.7 Å². The zero-order chi connectivity index (χ0) is 20.8. The summed E-state index contributed by atoms with van der Waals surface area (Å²) in [6, 6.07) is 16.2. The van der Waals surface area contributed by atoms with E-state index in [1.54, 1.807) is 0 Å². The number of anilines is 1. The van der Waals surface area contributed by atoms with Crippen LogP contribution in [0.15, 0.2) is 66.7 Å². The van der Waals surface area contributed by atoms with Gasteiger partial charge < -0.3 is 5.32 Å². The second-order valence-corrected chi connectivity index (χ2v) is 8.61. The molecule has 5 heteroatoms. The van der Waals surface area contributed by atoms with Crippen molar-refractivity contribution in [3.05, 3.63) is 77.9 Å². The molecule has 30 heavy (non-hydrogen) atoms. The van der Waals surface area contributed by atoms with Gasteiger partial charge in [-0.15, -0.1) is 0 Å². The summed E-state index contributed by atoms with van der Waals surface area (Å²) in [5, 5.41) is 2.91. The van der Waals surface area contributed by atoms with Crippen molar-refractivity contribution in [3.8, 4) is 0 Å². The number of imide groups is 1. The first kappa shape index (κ1) is 18.8. The van der Waals surface area contributed by atoms with Crippen LogP contribution in [0.1, 0.15) is 17.5 Å². The van der Waals surface area contributed by atoms with Crippen molar-refractivity contribution in [2.75, 3.05) is 5.32 Å². The van der Waals surface area contributed by atoms with Crippen molar-refractivity contribution < 1.29 is 14.4 Å². The number of hydrogen-bond donors (Lipinski definition) is 1. The molecule has 1 saturated carbocycles. The first-order valence-electron chi connectivity index (χ1n) is 10.5. The molecule has 0 aromatic heterocycles. The van der Waals surface area contributed by atoms with E-state index in [1.165, 1.54) is 4.90 Å². The third-order valence-electron chi connectivity index (χ3n) is 6.71. The number of hydrogen-bond acceptors (Lipinski definition) is 3. The summed E-state index contributed by atoms with van der Waals surface area (Å²) < 4.78 is 0. The summed E-state index contributed by atoms with van der Waals surface area (Å²) in [6.45, 7) is 1.98. The van der Waals surface area contributed by atoms with E-state index in [1.807, 2.05) is 61.5 Å². The molecule has 0 unspecified atom stereocenters. The number of carbonyl (C=O) groups excluding carboxylic acids is 3. The first-order valence-corrected chi connectivity index (χ1v) is 10.5. The Kier molecular flexibility index (Phi) is 4.54. The quantitative estimate of drug-likeness (QED) is 0.618. The summed E-state index contributed by atoms with van der Waals surface area (Å²) in [4.78, 5) is 41.2. The highest BCUT2D eigenvalue weighted by Crippen LogP contribution is 2.53. The lowest BCUT2D eigenvalue weighted by molar-refractivity contribution is -0.147. The molecule has 5 nitrogen and oxygen atoms in total. The normalized spacial score (nSPS) is 27.4. The van der Waals surface area contributed by atoms with Gasteiger partial charge in [0.1, 0.15) is 6.04 Å². The van der Waals surface area contributed by atoms with Crippen molar-refractivity contribution in [1.82, 2.24) is 4.90 Å². The number of rotatable bonds is 5. The lowest BCUT2D eigenvalue weighted by Gasteiger charge is -2.27. The zero-order valence-corrected chi connectivity index (χ0v) is 16.8. The molecule has 3 amide bonds. The summed E-state index contributed by atoms with van der Waals surface area (Å²) in [7, 11) is 0. The van der Waals surface area contributed by atoms with Crippen molar-refractivity contribution in [2.24, 2.45) is 23.7 Å². The highest BCUT2D eigenvalue weighted by Gasteiger charge is 2.61. The number of aryl methyl sites for hydroxylation is 1. The van der Waals surface area contributed by atoms with E-state index in [0.29, 0.717) is 12.1 Å². The molecule has 0 radical (unpaired) electrons. The average Bonchev–Trinajstić information content (AvgIpc) is 3.43. The molecule has 2 aromatic rings. The Bertz CT molecular complexity index is 998. The fourth-order valence-electron chi connectivity index (χ4n) is 5.23. The van der Waals surface area contributed by atoms with Crippen molar-refractivity contribution in [2.45, 2.75) is 25.8 Å². The predicted molar refractivity (Wildman–Crippen MR) is 113 cm³/mol. The summed E-state index contributed by atoms with van der Waals surface area (Å²) in [5.74, 6) is -1.08. The number of nitrogens with zero attached hydrogens (tertiary/aromatic N) is 1. The van der Waals surface area contributed by atoms with Crippen LogP contribution in [0, 0.1) is 30.6 Å². The molecular formula is C25H24N2O3. The van der Waals surface area contributed by atoms with E-state index in [4.69, 9.17) is 0 Å². The standard InChI is InChI=1S/C25H24N2O3/c1-15-7-11-19(12-8-15)26-23(28)20(13-16-5-3-2-4-6-16)27-24(29)21-17-9-10-18(14-17)22(21)25(27)30/h2-12,17-18,20-22H,13-14H2,1H3,(H,26,28)/t17-,18-,20+,21-,22+/m0/s1. The summed E-state index contributed by atoms with van der Waals surface area (Å²) >= 11 is 0. The lowest BCUT2D eigenvalue weighted by atomic mass is 9.85. The predicted octanol–water partition coefficient (Wildman–Crippen LogP) is 3.35. The molecule has 2 aromatic carbocycles. The number of benzene rings is 2. The number of amides is 3. The van der Waals surface area contributed by atoms with Gasteiger partial charge >= 0.3 is 0 Å². The van der Waals surface area contributed by atoms with Gasteiger partial charge in [-0.3, -0.25) is 19.3 Å². The van der Waals surface area contributed by atoms with E-state index >= 15 is 0 Å². The molecule has 1 aliphatic heterocycles. The Morgan fingerprint density at radius 2 is 1.57 bits per heavy atom. The Labute approximate surface area is 175 Å². The highest BCUT2D eigenvalue weighted by atomic mass is 16.2. The van der Waals surface area contributed by atoms with E-state index in [9.17, 15) is 14.4 Å². The lowest BCUT2D eigenvalue weighted by Crippen LogP contribution is -2.49. The molecule has 2 fully saturated rings. The van der Waals surface area contributed by atoms with Crippen molar-refractivity contribution in [3.63, 3.8) is 0 Å². The fourth-order valence-corrected chi connectivity index (χ4v) is 5.23. The van der Waals surface area contributed by atoms with Gasteiger partial charge in [-0.25, -0.2) is 0 Å². The third-order valence-corrected chi connectivity index (χ3v) is 6.71. The molecule has 152 valence electrons. The number of fused-ring (bicyclic) bond motifs is 5. The molecule has 0 spiro atoms. The molecule has 5 rings (SSSR count). The molecule has 3 aliphatic rings. The van der Waals surface area contributed by atoms with Crippen LogP contribution >= 0.6 is 0 Å². The van der Waals surface area contributed by atoms with Crippen LogP contribution in [-0.2, 0) is 20.8 Å². The molecule has 5 atom stereocenters. The first-order chi connectivity index (χ1) is 14.5. The number of carbonyl (C=O) groups is 3. The molecule has 1 N–H and O–H groups in total. The van der Waals surface area contributed by atoms with Crippen LogP contribution in [0.4, 0.5) is 5.69 Å². The smallest absolute Gasteiger partial charge is 0.248 e. The maximum Gasteiger partial charge on any atom is 0.248 e. The molecule has 1 heterocycles. The second-order valence-electron chi connectivity index (χ2n) is 8.61. The minimum atomic E-state index is -0.862. The van der Waals surface area contributed by atoms with Crippen LogP contribution in [-0.4, -0.2) is 28.7 Å². The van der Waals surface area contributed by atoms with E-state index < -0.39 is 6.04 Å². The monoisotopic (exact) mass is 400 g/mol. The average molecular weight is 400 g/mol. The van der Waals surface area contributed by atoms with Gasteiger partial charge in [0.05, 0.1) is 11.8 Å². The largest absolute Gasteiger partial charge is 0.324 e. The van der Waals surface area contributed by atoms with Gasteiger partial charge in [0.25, 0.3) is 0 Å². The highest BCUT2D eigenvalue weighted by molar-refractivity contribution is 6.10. The van der Waals surface area contributed by atoms with Crippen LogP contribution in [0.3, 0.4) is 0 Å². The molecule has 2 bridgehead atoms. The topological polar surface area (TPSA) is 66.5 Å². The molecular weight excluding hydrogens is 376 g/mol. The maximum atomic E-state index is 13.3. The Hall–Kier alpha value is -3.21. The number of likely N-dealkylation sites (tertiary alicyclic amines) is 1. The Morgan fingerprint density at radius 1 is 0.967 bits per heavy atom. The second kappa shape index (κ2) is 7.24. The summed E-state index contributed by atoms with van der Waals surface area (Å²) in [5.41, 5.74) is 2.67. The van der Waals surface area contributed by atoms with Gasteiger partial charge in [-0.2, -0.15) is 0 Å². The maximum absolute atomic E-state index is 13.3. The van der Waals surface area contributed by atoms with Crippen molar-refractivity contribution in [1.29, 1.82) is 0 Å². The van der Waals surface area contributed by atoms with Gasteiger partial charge in [-0.05, 0) is 42.9 Å². The van der Waals surface area contributed by atoms with Gasteiger partial charge in [0.15, 0.2) is 0 Å². The van der Waals surface area contributed by atoms with Crippen LogP contribution in [0.2, 0.25) is 0 Å². The van der Waals surface area contributed by atoms with E-state index in [0.717, 1.165) is 17.5 Å². The summed E-state index contributed by atoms with van der Waals surface area (Å²) in [6.07, 6.45) is 5.32. The zero-order valence-electron chi connectivity index (χ0n) is 16.8. The number of nitrogens with one attached hydrogen (secondary N) is 1. The van der Waals surface area contributed by atoms with Gasteiger partial charge in [-0.1, -0.05) is 60.2 Å². The van der Waals surface area contributed by atoms with E-state index in [2.05, 4.69) is 17.5 Å². The Balaban J connectivity index is 1.45. The van der Waals surface area contributed by atoms with Crippen LogP contribution < -0.4 is 5.32 Å². The van der Waals surface area contributed by atoms with Crippen molar-refractivity contribution >= 4 is 23.4 Å². The number of allylic oxidation sites excluding steroid dienone is 2. The minimum Gasteiger partial charge on any atom is -0.324 e. The fraction of sp³-hybridized carbons (Fsp3) is 0.320. The van der Waals surface area contributed by atoms with E-state index in [-0.39, 0.29) is 41.4 Å². The molecule has 2 aliphatic carbocycles. The Morgan fingerprint density at radius 3 is 2.17 bits per heavy atom. The third kappa shape index (κ3) is 3.05. The van der Waals surface area contributed by atoms with Crippen LogP contribution in [0.5, 0.6) is 0 Å². The van der Waals surface area contributed by atoms with Gasteiger partial charge in [0, 0.05) is 12.1 Å². The minimum absolute atomic E-state index is 0.124.